The van der Waals surface area contributed by atoms with E-state index in [9.17, 15) is 9.59 Å². The van der Waals surface area contributed by atoms with Crippen LogP contribution >= 0.6 is 15.9 Å². The molecule has 0 bridgehead atoms. The lowest BCUT2D eigenvalue weighted by Gasteiger charge is -2.15. The predicted molar refractivity (Wildman–Crippen MR) is 113 cm³/mol. The third kappa shape index (κ3) is 3.89. The molecule has 0 spiro atoms. The average molecular weight is 444 g/mol. The Balaban J connectivity index is 1.83. The molecule has 1 aromatic heterocycles. The van der Waals surface area contributed by atoms with Gasteiger partial charge in [0.1, 0.15) is 11.4 Å². The number of hydrogen-bond donors (Lipinski definition) is 1. The number of carbonyl (C=O) groups is 1. The lowest BCUT2D eigenvalue weighted by Crippen LogP contribution is -2.32. The Hall–Kier alpha value is -2.80. The molecule has 1 N–H and O–H groups in total. The molecule has 146 valence electrons. The summed E-state index contributed by atoms with van der Waals surface area (Å²) in [4.78, 5) is 25.5. The lowest BCUT2D eigenvalue weighted by molar-refractivity contribution is -0.122. The zero-order chi connectivity index (χ0) is 20.4. The maximum Gasteiger partial charge on any atom is 0.295 e. The predicted octanol–water partition coefficient (Wildman–Crippen LogP) is 3.96. The van der Waals surface area contributed by atoms with E-state index in [2.05, 4.69) is 21.2 Å². The molecule has 0 aliphatic rings. The van der Waals surface area contributed by atoms with Gasteiger partial charge in [0.05, 0.1) is 15.9 Å². The second-order valence-corrected chi connectivity index (χ2v) is 7.47. The zero-order valence-corrected chi connectivity index (χ0v) is 17.8. The fourth-order valence-corrected chi connectivity index (χ4v) is 3.47. The first-order valence-corrected chi connectivity index (χ1v) is 9.66. The summed E-state index contributed by atoms with van der Waals surface area (Å²) < 4.78 is 9.77. The van der Waals surface area contributed by atoms with Crippen LogP contribution in [-0.4, -0.2) is 21.4 Å². The van der Waals surface area contributed by atoms with Gasteiger partial charge in [0.25, 0.3) is 11.5 Å². The van der Waals surface area contributed by atoms with Crippen LogP contribution in [0.4, 0.5) is 5.69 Å². The van der Waals surface area contributed by atoms with Crippen LogP contribution < -0.4 is 15.6 Å². The molecule has 0 aliphatic heterocycles. The van der Waals surface area contributed by atoms with E-state index in [1.807, 2.05) is 49.4 Å². The van der Waals surface area contributed by atoms with Gasteiger partial charge >= 0.3 is 0 Å². The largest absolute Gasteiger partial charge is 0.480 e. The van der Waals surface area contributed by atoms with Gasteiger partial charge in [0.2, 0.25) is 0 Å². The molecule has 0 fully saturated rings. The Bertz CT molecular complexity index is 1070. The molecule has 3 rings (SSSR count). The number of nitrogens with zero attached hydrogens (tertiary/aromatic N) is 2. The number of amides is 1. The number of ether oxygens (including phenoxy) is 1. The van der Waals surface area contributed by atoms with Gasteiger partial charge in [-0.05, 0) is 66.5 Å². The first-order chi connectivity index (χ1) is 13.3. The Morgan fingerprint density at radius 2 is 1.82 bits per heavy atom. The van der Waals surface area contributed by atoms with Crippen LogP contribution in [0.1, 0.15) is 18.2 Å². The smallest absolute Gasteiger partial charge is 0.295 e. The summed E-state index contributed by atoms with van der Waals surface area (Å²) in [5.74, 6) is 0.179. The van der Waals surface area contributed by atoms with Gasteiger partial charge in [-0.1, -0.05) is 24.3 Å². The molecule has 0 saturated heterocycles. The Labute approximate surface area is 171 Å². The molecule has 0 radical (unpaired) electrons. The Kier molecular flexibility index (Phi) is 5.74. The highest BCUT2D eigenvalue weighted by Crippen LogP contribution is 2.27. The van der Waals surface area contributed by atoms with Gasteiger partial charge in [-0.2, -0.15) is 0 Å². The van der Waals surface area contributed by atoms with Crippen molar-refractivity contribution in [2.24, 2.45) is 7.05 Å². The van der Waals surface area contributed by atoms with E-state index in [0.29, 0.717) is 11.4 Å². The summed E-state index contributed by atoms with van der Waals surface area (Å²) in [5, 5.41) is 2.73. The van der Waals surface area contributed by atoms with Crippen LogP contribution in [0.15, 0.2) is 57.8 Å². The van der Waals surface area contributed by atoms with Crippen molar-refractivity contribution in [3.05, 3.63) is 74.6 Å². The van der Waals surface area contributed by atoms with Crippen LogP contribution in [0, 0.1) is 13.8 Å². The molecule has 7 heteroatoms. The number of benzene rings is 2. The number of aromatic nitrogens is 2. The van der Waals surface area contributed by atoms with Gasteiger partial charge < -0.3 is 10.1 Å². The van der Waals surface area contributed by atoms with E-state index in [0.717, 1.165) is 15.7 Å². The minimum Gasteiger partial charge on any atom is -0.480 e. The highest BCUT2D eigenvalue weighted by atomic mass is 79.9. The number of nitrogens with one attached hydrogen (secondary N) is 1. The van der Waals surface area contributed by atoms with Crippen LogP contribution in [-0.2, 0) is 11.8 Å². The minimum absolute atomic E-state index is 0.245. The van der Waals surface area contributed by atoms with Crippen molar-refractivity contribution in [1.29, 1.82) is 0 Å². The topological polar surface area (TPSA) is 65.3 Å². The molecule has 0 aliphatic carbocycles. The molecule has 28 heavy (non-hydrogen) atoms. The second-order valence-electron chi connectivity index (χ2n) is 6.62. The molecule has 3 aromatic rings. The summed E-state index contributed by atoms with van der Waals surface area (Å²) in [6, 6.07) is 14.9. The third-order valence-electron chi connectivity index (χ3n) is 4.56. The number of carbonyl (C=O) groups excluding carboxylic acids is 1. The van der Waals surface area contributed by atoms with E-state index < -0.39 is 12.0 Å². The molecule has 0 saturated carbocycles. The summed E-state index contributed by atoms with van der Waals surface area (Å²) in [7, 11) is 1.78. The van der Waals surface area contributed by atoms with Crippen molar-refractivity contribution in [2.45, 2.75) is 26.9 Å². The molecular formula is C21H22BrN3O3. The van der Waals surface area contributed by atoms with Gasteiger partial charge in [0.15, 0.2) is 6.10 Å². The standard InChI is InChI=1S/C21H22BrN3O3/c1-13-10-11-18(17(22)12-13)28-15(3)20(26)23-19-14(2)24(4)25(21(19)27)16-8-6-5-7-9-16/h5-12,15H,1-4H3,(H,23,26). The third-order valence-corrected chi connectivity index (χ3v) is 5.18. The van der Waals surface area contributed by atoms with Gasteiger partial charge in [-0.3, -0.25) is 14.3 Å². The van der Waals surface area contributed by atoms with Gasteiger partial charge in [-0.25, -0.2) is 4.68 Å². The molecule has 6 nitrogen and oxygen atoms in total. The number of rotatable bonds is 5. The normalized spacial score (nSPS) is 11.9. The van der Waals surface area contributed by atoms with E-state index in [1.54, 1.807) is 31.6 Å². The van der Waals surface area contributed by atoms with E-state index in [4.69, 9.17) is 4.74 Å². The summed E-state index contributed by atoms with van der Waals surface area (Å²) in [6.07, 6.45) is -0.775. The van der Waals surface area contributed by atoms with Crippen molar-refractivity contribution in [1.82, 2.24) is 9.36 Å². The second kappa shape index (κ2) is 8.06. The van der Waals surface area contributed by atoms with Crippen LogP contribution in [0.25, 0.3) is 5.69 Å². The maximum absolute atomic E-state index is 12.9. The number of para-hydroxylation sites is 1. The van der Waals surface area contributed by atoms with Crippen molar-refractivity contribution in [3.63, 3.8) is 0 Å². The van der Waals surface area contributed by atoms with Crippen molar-refractivity contribution in [2.75, 3.05) is 5.32 Å². The van der Waals surface area contributed by atoms with E-state index >= 15 is 0 Å². The highest BCUT2D eigenvalue weighted by molar-refractivity contribution is 9.10. The first kappa shape index (κ1) is 19.9. The van der Waals surface area contributed by atoms with Crippen LogP contribution in [0.3, 0.4) is 0 Å². The fourth-order valence-electron chi connectivity index (χ4n) is 2.88. The van der Waals surface area contributed by atoms with E-state index in [-0.39, 0.29) is 11.2 Å². The first-order valence-electron chi connectivity index (χ1n) is 8.87. The highest BCUT2D eigenvalue weighted by Gasteiger charge is 2.22. The van der Waals surface area contributed by atoms with Crippen molar-refractivity contribution >= 4 is 27.5 Å². The molecule has 1 heterocycles. The Morgan fingerprint density at radius 1 is 1.14 bits per heavy atom. The quantitative estimate of drug-likeness (QED) is 0.648. The Morgan fingerprint density at radius 3 is 2.46 bits per heavy atom. The molecule has 1 unspecified atom stereocenters. The summed E-state index contributed by atoms with van der Waals surface area (Å²) in [5.41, 5.74) is 2.42. The van der Waals surface area contributed by atoms with Crippen LogP contribution in [0.5, 0.6) is 5.75 Å². The SMILES string of the molecule is Cc1ccc(OC(C)C(=O)Nc2c(C)n(C)n(-c3ccccc3)c2=O)c(Br)c1. The maximum atomic E-state index is 12.9. The molecule has 1 amide bonds. The van der Waals surface area contributed by atoms with Crippen molar-refractivity contribution in [3.8, 4) is 11.4 Å². The number of anilines is 1. The summed E-state index contributed by atoms with van der Waals surface area (Å²) >= 11 is 3.44. The minimum atomic E-state index is -0.775. The van der Waals surface area contributed by atoms with Crippen LogP contribution in [0.2, 0.25) is 0 Å². The lowest BCUT2D eigenvalue weighted by atomic mass is 10.2. The summed E-state index contributed by atoms with van der Waals surface area (Å²) in [6.45, 7) is 5.41. The fraction of sp³-hybridized carbons (Fsp3) is 0.238. The van der Waals surface area contributed by atoms with Gasteiger partial charge in [-0.15, -0.1) is 0 Å². The van der Waals surface area contributed by atoms with E-state index in [1.165, 1.54) is 4.68 Å². The number of hydrogen-bond acceptors (Lipinski definition) is 3. The molecule has 1 atom stereocenters. The van der Waals surface area contributed by atoms with Crippen molar-refractivity contribution < 1.29 is 9.53 Å². The van der Waals surface area contributed by atoms with Gasteiger partial charge in [0, 0.05) is 7.05 Å². The zero-order valence-electron chi connectivity index (χ0n) is 16.2. The molecular weight excluding hydrogens is 422 g/mol. The number of halogens is 1. The number of aryl methyl sites for hydroxylation is 1. The monoisotopic (exact) mass is 443 g/mol. The average Bonchev–Trinajstić information content (AvgIpc) is 2.88. The molecule has 2 aromatic carbocycles.